The van der Waals surface area contributed by atoms with E-state index in [1.165, 1.54) is 32.6 Å². The van der Waals surface area contributed by atoms with Crippen LogP contribution in [-0.4, -0.2) is 49.1 Å². The van der Waals surface area contributed by atoms with Gasteiger partial charge in [-0.1, -0.05) is 6.58 Å². The van der Waals surface area contributed by atoms with Crippen LogP contribution in [0.4, 0.5) is 14.7 Å². The lowest BCUT2D eigenvalue weighted by Crippen LogP contribution is -2.46. The van der Waals surface area contributed by atoms with Gasteiger partial charge in [0.1, 0.15) is 5.76 Å². The maximum absolute atomic E-state index is 14.9. The molecule has 0 radical (unpaired) electrons. The van der Waals surface area contributed by atoms with Crippen molar-refractivity contribution in [2.45, 2.75) is 18.9 Å². The summed E-state index contributed by atoms with van der Waals surface area (Å²) in [6.45, 7) is 4.88. The number of piperidine rings is 1. The number of benzene rings is 1. The summed E-state index contributed by atoms with van der Waals surface area (Å²) in [5.74, 6) is -2.85. The minimum absolute atomic E-state index is 0.0359. The van der Waals surface area contributed by atoms with E-state index >= 15 is 0 Å². The Morgan fingerprint density at radius 1 is 1.29 bits per heavy atom. The molecule has 0 saturated carbocycles. The molecule has 3 heterocycles. The molecule has 0 spiro atoms. The van der Waals surface area contributed by atoms with Crippen LogP contribution in [0.3, 0.4) is 0 Å². The van der Waals surface area contributed by atoms with Crippen molar-refractivity contribution < 1.29 is 27.5 Å². The van der Waals surface area contributed by atoms with E-state index in [2.05, 4.69) is 27.2 Å². The molecule has 0 unspecified atom stereocenters. The molecule has 184 valence electrons. The van der Waals surface area contributed by atoms with Crippen LogP contribution in [0.25, 0.3) is 22.2 Å². The number of methoxy groups -OCH3 is 2. The molecular weight excluding hydrogens is 462 g/mol. The quantitative estimate of drug-likeness (QED) is 0.464. The Hall–Kier alpha value is -3.86. The highest BCUT2D eigenvalue weighted by molar-refractivity contribution is 5.89. The van der Waals surface area contributed by atoms with Crippen molar-refractivity contribution in [2.24, 2.45) is 5.92 Å². The van der Waals surface area contributed by atoms with Gasteiger partial charge in [0, 0.05) is 36.7 Å². The van der Waals surface area contributed by atoms with E-state index in [-0.39, 0.29) is 51.9 Å². The highest BCUT2D eigenvalue weighted by Gasteiger charge is 2.28. The third kappa shape index (κ3) is 4.85. The summed E-state index contributed by atoms with van der Waals surface area (Å²) in [6.07, 6.45) is 3.77. The van der Waals surface area contributed by atoms with Crippen molar-refractivity contribution in [1.82, 2.24) is 15.3 Å². The molecule has 1 fully saturated rings. The van der Waals surface area contributed by atoms with Crippen molar-refractivity contribution in [2.75, 3.05) is 32.6 Å². The lowest BCUT2D eigenvalue weighted by molar-refractivity contribution is -0.115. The SMILES string of the molecule is C=CC(=O)C[C@H]1CCNC[C@H]1Nc1ncc2cc(-c3c(F)c(OC)cc(OC)c3F)oc(=O)c2n1. The first-order valence-electron chi connectivity index (χ1n) is 10.9. The number of ketones is 1. The van der Waals surface area contributed by atoms with E-state index in [9.17, 15) is 18.4 Å². The Morgan fingerprint density at radius 2 is 2.00 bits per heavy atom. The molecule has 35 heavy (non-hydrogen) atoms. The van der Waals surface area contributed by atoms with Gasteiger partial charge in [0.25, 0.3) is 0 Å². The molecule has 11 heteroatoms. The molecule has 0 bridgehead atoms. The van der Waals surface area contributed by atoms with Crippen LogP contribution in [0.2, 0.25) is 0 Å². The molecule has 1 aliphatic rings. The molecule has 9 nitrogen and oxygen atoms in total. The second-order valence-corrected chi connectivity index (χ2v) is 8.06. The summed E-state index contributed by atoms with van der Waals surface area (Å²) in [5.41, 5.74) is -1.57. The summed E-state index contributed by atoms with van der Waals surface area (Å²) in [6, 6.07) is 2.18. The van der Waals surface area contributed by atoms with Gasteiger partial charge >= 0.3 is 5.63 Å². The van der Waals surface area contributed by atoms with E-state index in [1.807, 2.05) is 0 Å². The first-order valence-corrected chi connectivity index (χ1v) is 10.9. The lowest BCUT2D eigenvalue weighted by Gasteiger charge is -2.32. The van der Waals surface area contributed by atoms with Gasteiger partial charge in [-0.25, -0.2) is 23.5 Å². The van der Waals surface area contributed by atoms with Gasteiger partial charge in [-0.2, -0.15) is 0 Å². The number of anilines is 1. The number of fused-ring (bicyclic) bond motifs is 1. The number of nitrogens with zero attached hydrogens (tertiary/aromatic N) is 2. The Labute approximate surface area is 199 Å². The van der Waals surface area contributed by atoms with Crippen molar-refractivity contribution in [1.29, 1.82) is 0 Å². The molecule has 3 aromatic rings. The topological polar surface area (TPSA) is 116 Å². The van der Waals surface area contributed by atoms with E-state index < -0.39 is 22.8 Å². The molecule has 2 aromatic heterocycles. The van der Waals surface area contributed by atoms with E-state index in [0.29, 0.717) is 13.0 Å². The Bertz CT molecular complexity index is 1320. The minimum atomic E-state index is -1.04. The number of ether oxygens (including phenoxy) is 2. The molecule has 1 aliphatic heterocycles. The first kappa shape index (κ1) is 24.3. The third-order valence-electron chi connectivity index (χ3n) is 5.95. The molecule has 2 atom stereocenters. The predicted octanol–water partition coefficient (Wildman–Crippen LogP) is 3.08. The highest BCUT2D eigenvalue weighted by atomic mass is 19.1. The van der Waals surface area contributed by atoms with Crippen molar-refractivity contribution in [3.8, 4) is 22.8 Å². The molecule has 0 amide bonds. The molecule has 0 aliphatic carbocycles. The second kappa shape index (κ2) is 10.2. The molecule has 1 saturated heterocycles. The maximum Gasteiger partial charge on any atom is 0.363 e. The van der Waals surface area contributed by atoms with Crippen LogP contribution in [-0.2, 0) is 4.79 Å². The van der Waals surface area contributed by atoms with Crippen LogP contribution in [0.1, 0.15) is 12.8 Å². The number of nitrogens with one attached hydrogen (secondary N) is 2. The number of rotatable bonds is 8. The third-order valence-corrected chi connectivity index (χ3v) is 5.95. The monoisotopic (exact) mass is 486 g/mol. The second-order valence-electron chi connectivity index (χ2n) is 8.06. The fraction of sp³-hybridized carbons (Fsp3) is 0.333. The first-order chi connectivity index (χ1) is 16.9. The fourth-order valence-corrected chi connectivity index (χ4v) is 4.11. The smallest absolute Gasteiger partial charge is 0.363 e. The van der Waals surface area contributed by atoms with Crippen molar-refractivity contribution >= 4 is 22.6 Å². The number of allylic oxidation sites excluding steroid dienone is 1. The van der Waals surface area contributed by atoms with Crippen LogP contribution >= 0.6 is 0 Å². The maximum atomic E-state index is 14.9. The largest absolute Gasteiger partial charge is 0.494 e. The lowest BCUT2D eigenvalue weighted by atomic mass is 9.88. The zero-order valence-corrected chi connectivity index (χ0v) is 19.2. The standard InChI is InChI=1S/C24H24F2N4O5/c1-4-14(31)7-12-5-6-27-11-15(12)29-24-28-10-13-8-16(35-23(32)22(13)30-24)19-20(25)17(33-2)9-18(34-3)21(19)26/h4,8-10,12,15,27H,1,5-7,11H2,2-3H3,(H,28,29,30)/t12-,15-/m1/s1. The minimum Gasteiger partial charge on any atom is -0.494 e. The van der Waals surface area contributed by atoms with E-state index in [4.69, 9.17) is 13.9 Å². The number of halogens is 2. The van der Waals surface area contributed by atoms with Gasteiger partial charge < -0.3 is 24.5 Å². The van der Waals surface area contributed by atoms with E-state index in [0.717, 1.165) is 19.0 Å². The highest BCUT2D eigenvalue weighted by Crippen LogP contribution is 2.37. The van der Waals surface area contributed by atoms with Crippen molar-refractivity contribution in [3.05, 3.63) is 53.0 Å². The van der Waals surface area contributed by atoms with Gasteiger partial charge in [0.05, 0.1) is 19.8 Å². The van der Waals surface area contributed by atoms with Gasteiger partial charge in [-0.15, -0.1) is 0 Å². The van der Waals surface area contributed by atoms with Crippen LogP contribution < -0.4 is 25.7 Å². The average Bonchev–Trinajstić information content (AvgIpc) is 2.86. The summed E-state index contributed by atoms with van der Waals surface area (Å²) in [5, 5.41) is 6.65. The van der Waals surface area contributed by atoms with Gasteiger partial charge in [-0.05, 0) is 31.0 Å². The fourth-order valence-electron chi connectivity index (χ4n) is 4.11. The van der Waals surface area contributed by atoms with Crippen molar-refractivity contribution in [3.63, 3.8) is 0 Å². The number of aromatic nitrogens is 2. The van der Waals surface area contributed by atoms with Crippen LogP contribution in [0.15, 0.2) is 40.2 Å². The normalized spacial score (nSPS) is 17.7. The molecule has 4 rings (SSSR count). The number of hydrogen-bond acceptors (Lipinski definition) is 9. The summed E-state index contributed by atoms with van der Waals surface area (Å²) < 4.78 is 44.9. The van der Waals surface area contributed by atoms with E-state index in [1.54, 1.807) is 0 Å². The summed E-state index contributed by atoms with van der Waals surface area (Å²) >= 11 is 0. The summed E-state index contributed by atoms with van der Waals surface area (Å²) in [4.78, 5) is 33.1. The zero-order valence-electron chi connectivity index (χ0n) is 19.2. The Kier molecular flexibility index (Phi) is 7.06. The molecular formula is C24H24F2N4O5. The molecule has 1 aromatic carbocycles. The van der Waals surface area contributed by atoms with Crippen LogP contribution in [0, 0.1) is 17.6 Å². The number of hydrogen-bond donors (Lipinski definition) is 2. The number of carbonyl (C=O) groups is 1. The van der Waals surface area contributed by atoms with Gasteiger partial charge in [0.15, 0.2) is 34.4 Å². The predicted molar refractivity (Wildman–Crippen MR) is 125 cm³/mol. The Balaban J connectivity index is 1.69. The summed E-state index contributed by atoms with van der Waals surface area (Å²) in [7, 11) is 2.44. The zero-order chi connectivity index (χ0) is 25.1. The van der Waals surface area contributed by atoms with Gasteiger partial charge in [-0.3, -0.25) is 4.79 Å². The molecule has 2 N–H and O–H groups in total. The average molecular weight is 486 g/mol. The van der Waals surface area contributed by atoms with Gasteiger partial charge in [0.2, 0.25) is 5.95 Å². The Morgan fingerprint density at radius 3 is 2.66 bits per heavy atom. The number of carbonyl (C=O) groups excluding carboxylic acids is 1. The van der Waals surface area contributed by atoms with Crippen LogP contribution in [0.5, 0.6) is 11.5 Å².